The van der Waals surface area contributed by atoms with E-state index in [1.54, 1.807) is 6.08 Å². The highest BCUT2D eigenvalue weighted by Crippen LogP contribution is 2.20. The van der Waals surface area contributed by atoms with Gasteiger partial charge in [0, 0.05) is 12.8 Å². The van der Waals surface area contributed by atoms with Gasteiger partial charge in [0.25, 0.3) is 0 Å². The molecule has 0 spiro atoms. The molecule has 2 atom stereocenters. The predicted octanol–water partition coefficient (Wildman–Crippen LogP) is 28.1. The smallest absolute Gasteiger partial charge is 0.305 e. The summed E-state index contributed by atoms with van der Waals surface area (Å²) in [6.45, 7) is 4.92. The highest BCUT2D eigenvalue weighted by molar-refractivity contribution is 5.76. The summed E-state index contributed by atoms with van der Waals surface area (Å²) in [6.07, 6.45) is 111. The van der Waals surface area contributed by atoms with Crippen LogP contribution in [-0.2, 0) is 14.3 Å². The Balaban J connectivity index is 3.39. The lowest BCUT2D eigenvalue weighted by atomic mass is 10.0. The van der Waals surface area contributed by atoms with E-state index in [2.05, 4.69) is 67.8 Å². The molecule has 0 aliphatic heterocycles. The molecule has 0 aromatic heterocycles. The molecule has 0 saturated carbocycles. The number of carbonyl (C=O) groups is 2. The summed E-state index contributed by atoms with van der Waals surface area (Å²) >= 11 is 0. The molecule has 0 fully saturated rings. The number of unbranched alkanes of at least 4 members (excludes halogenated alkanes) is 60. The van der Waals surface area contributed by atoms with Crippen LogP contribution >= 0.6 is 0 Å². The molecule has 0 rings (SSSR count). The molecule has 2 unspecified atom stereocenters. The Labute approximate surface area is 581 Å². The zero-order valence-electron chi connectivity index (χ0n) is 62.8. The maximum atomic E-state index is 12.6. The van der Waals surface area contributed by atoms with Gasteiger partial charge < -0.3 is 20.3 Å². The van der Waals surface area contributed by atoms with Gasteiger partial charge in [0.2, 0.25) is 5.91 Å². The van der Waals surface area contributed by atoms with Crippen molar-refractivity contribution in [2.45, 2.75) is 469 Å². The van der Waals surface area contributed by atoms with Gasteiger partial charge in [-0.25, -0.2) is 0 Å². The average molecular weight is 1300 g/mol. The van der Waals surface area contributed by atoms with Crippen LogP contribution in [0.1, 0.15) is 457 Å². The summed E-state index contributed by atoms with van der Waals surface area (Å²) in [7, 11) is 0. The molecule has 0 aromatic carbocycles. The van der Waals surface area contributed by atoms with Crippen molar-refractivity contribution in [3.8, 4) is 0 Å². The molecule has 546 valence electrons. The van der Waals surface area contributed by atoms with Crippen LogP contribution in [0.2, 0.25) is 0 Å². The average Bonchev–Trinajstić information content (AvgIpc) is 3.78. The molecule has 93 heavy (non-hydrogen) atoms. The number of ether oxygens (including phenoxy) is 1. The minimum Gasteiger partial charge on any atom is -0.466 e. The van der Waals surface area contributed by atoms with Gasteiger partial charge in [-0.05, 0) is 96.3 Å². The highest BCUT2D eigenvalue weighted by Gasteiger charge is 2.18. The lowest BCUT2D eigenvalue weighted by molar-refractivity contribution is -0.143. The Morgan fingerprint density at radius 2 is 0.538 bits per heavy atom. The first-order valence-electron chi connectivity index (χ1n) is 42.1. The van der Waals surface area contributed by atoms with Gasteiger partial charge in [0.05, 0.1) is 25.4 Å². The number of hydrogen-bond donors (Lipinski definition) is 3. The number of hydrogen-bond acceptors (Lipinski definition) is 5. The molecule has 3 N–H and O–H groups in total. The van der Waals surface area contributed by atoms with Crippen molar-refractivity contribution in [3.05, 3.63) is 60.8 Å². The Kier molecular flexibility index (Phi) is 79.8. The topological polar surface area (TPSA) is 95.9 Å². The minimum atomic E-state index is -0.845. The minimum absolute atomic E-state index is 0.0111. The number of rotatable bonds is 79. The van der Waals surface area contributed by atoms with Crippen molar-refractivity contribution in [3.63, 3.8) is 0 Å². The Bertz CT molecular complexity index is 1600. The van der Waals surface area contributed by atoms with Crippen molar-refractivity contribution < 1.29 is 24.5 Å². The first-order valence-corrected chi connectivity index (χ1v) is 42.1. The second-order valence-corrected chi connectivity index (χ2v) is 28.8. The normalized spacial score (nSPS) is 12.8. The third kappa shape index (κ3) is 78.4. The van der Waals surface area contributed by atoms with Crippen LogP contribution in [0, 0.1) is 0 Å². The van der Waals surface area contributed by atoms with Crippen molar-refractivity contribution in [1.82, 2.24) is 5.32 Å². The van der Waals surface area contributed by atoms with Gasteiger partial charge in [0.15, 0.2) is 0 Å². The van der Waals surface area contributed by atoms with Crippen molar-refractivity contribution >= 4 is 11.9 Å². The molecule has 0 aliphatic rings. The second-order valence-electron chi connectivity index (χ2n) is 28.8. The lowest BCUT2D eigenvalue weighted by Crippen LogP contribution is -2.45. The summed E-state index contributed by atoms with van der Waals surface area (Å²) in [4.78, 5) is 24.7. The number of amides is 1. The number of allylic oxidation sites excluding steroid dienone is 9. The number of esters is 1. The van der Waals surface area contributed by atoms with E-state index in [4.69, 9.17) is 4.74 Å². The molecular weight excluding hydrogens is 1140 g/mol. The first kappa shape index (κ1) is 90.6. The summed E-state index contributed by atoms with van der Waals surface area (Å²) in [5, 5.41) is 23.3. The third-order valence-electron chi connectivity index (χ3n) is 19.5. The summed E-state index contributed by atoms with van der Waals surface area (Å²) in [6, 6.07) is -0.628. The third-order valence-corrected chi connectivity index (χ3v) is 19.5. The summed E-state index contributed by atoms with van der Waals surface area (Å²) in [5.41, 5.74) is 0. The van der Waals surface area contributed by atoms with E-state index in [0.717, 1.165) is 57.8 Å². The van der Waals surface area contributed by atoms with E-state index in [1.165, 1.54) is 372 Å². The van der Waals surface area contributed by atoms with Crippen molar-refractivity contribution in [1.29, 1.82) is 0 Å². The van der Waals surface area contributed by atoms with Crippen LogP contribution in [0.5, 0.6) is 0 Å². The van der Waals surface area contributed by atoms with Crippen LogP contribution in [0.3, 0.4) is 0 Å². The maximum absolute atomic E-state index is 12.6. The Hall–Kier alpha value is -2.44. The van der Waals surface area contributed by atoms with Gasteiger partial charge >= 0.3 is 5.97 Å². The van der Waals surface area contributed by atoms with Gasteiger partial charge in [-0.1, -0.05) is 408 Å². The summed E-state index contributed by atoms with van der Waals surface area (Å²) < 4.78 is 5.51. The van der Waals surface area contributed by atoms with Crippen LogP contribution in [0.15, 0.2) is 60.8 Å². The number of aliphatic hydroxyl groups is 2. The van der Waals surface area contributed by atoms with E-state index in [-0.39, 0.29) is 18.5 Å². The zero-order valence-corrected chi connectivity index (χ0v) is 62.8. The number of carbonyl (C=O) groups excluding carboxylic acids is 2. The molecule has 0 radical (unpaired) electrons. The summed E-state index contributed by atoms with van der Waals surface area (Å²) in [5.74, 6) is -0.0498. The molecule has 6 heteroatoms. The van der Waals surface area contributed by atoms with Gasteiger partial charge in [-0.3, -0.25) is 9.59 Å². The van der Waals surface area contributed by atoms with E-state index in [1.807, 2.05) is 6.08 Å². The van der Waals surface area contributed by atoms with Crippen molar-refractivity contribution in [2.75, 3.05) is 13.2 Å². The SMILES string of the molecule is CCCCC/C=C\C/C=C\CCCCCCCCCC(=O)OCCCCCCCCCCCCCCC/C=C\C/C=C\CCCCCCCCCCCCCCCCCCCC(=O)NC(CO)C(O)/C=C/CCCCCCCCCCCCCCCCCCCCCC. The molecular formula is C87H163NO5. The first-order chi connectivity index (χ1) is 46.0. The fourth-order valence-corrected chi connectivity index (χ4v) is 13.1. The second kappa shape index (κ2) is 82.0. The monoisotopic (exact) mass is 1300 g/mol. The Morgan fingerprint density at radius 3 is 0.839 bits per heavy atom. The fourth-order valence-electron chi connectivity index (χ4n) is 13.1. The lowest BCUT2D eigenvalue weighted by Gasteiger charge is -2.20. The number of nitrogens with one attached hydrogen (secondary N) is 1. The fraction of sp³-hybridized carbons (Fsp3) is 0.862. The molecule has 6 nitrogen and oxygen atoms in total. The molecule has 0 heterocycles. The molecule has 1 amide bonds. The quantitative estimate of drug-likeness (QED) is 0.0320. The molecule has 0 saturated heterocycles. The van der Waals surface area contributed by atoms with Gasteiger partial charge in [-0.2, -0.15) is 0 Å². The Morgan fingerprint density at radius 1 is 0.301 bits per heavy atom. The molecule has 0 aliphatic carbocycles. The van der Waals surface area contributed by atoms with E-state index in [0.29, 0.717) is 19.4 Å². The molecule has 0 aromatic rings. The predicted molar refractivity (Wildman–Crippen MR) is 412 cm³/mol. The largest absolute Gasteiger partial charge is 0.466 e. The highest BCUT2D eigenvalue weighted by atomic mass is 16.5. The van der Waals surface area contributed by atoms with E-state index in [9.17, 15) is 19.8 Å². The van der Waals surface area contributed by atoms with Crippen LogP contribution in [0.25, 0.3) is 0 Å². The van der Waals surface area contributed by atoms with E-state index < -0.39 is 12.1 Å². The van der Waals surface area contributed by atoms with Gasteiger partial charge in [0.1, 0.15) is 0 Å². The standard InChI is InChI=1S/C87H163NO5/c1-3-5-7-9-11-13-15-17-19-21-22-23-41-44-48-51-55-59-63-67-71-75-79-85(90)84(83-89)88-86(91)80-76-72-68-64-60-56-52-49-45-42-39-37-35-33-31-29-27-25-24-26-28-30-32-34-36-38-40-43-46-50-54-58-62-66-70-74-78-82-93-87(92)81-77-73-69-65-61-57-53-47-20-18-16-14-12-10-8-6-4-2/h12,14,18,20,24,26,30,32,75,79,84-85,89-90H,3-11,13,15-17,19,21-23,25,27-29,31,33-74,76-78,80-83H2,1-2H3,(H,88,91)/b14-12-,20-18-,26-24-,32-30-,79-75+. The van der Waals surface area contributed by atoms with Gasteiger partial charge in [-0.15, -0.1) is 0 Å². The van der Waals surface area contributed by atoms with Crippen molar-refractivity contribution in [2.24, 2.45) is 0 Å². The zero-order chi connectivity index (χ0) is 67.0. The van der Waals surface area contributed by atoms with Crippen LogP contribution in [-0.4, -0.2) is 47.4 Å². The van der Waals surface area contributed by atoms with Crippen LogP contribution in [0.4, 0.5) is 0 Å². The number of aliphatic hydroxyl groups excluding tert-OH is 2. The van der Waals surface area contributed by atoms with Crippen LogP contribution < -0.4 is 5.32 Å². The molecule has 0 bridgehead atoms. The van der Waals surface area contributed by atoms with E-state index >= 15 is 0 Å². The maximum Gasteiger partial charge on any atom is 0.305 e.